The van der Waals surface area contributed by atoms with Crippen LogP contribution in [0.2, 0.25) is 0 Å². The van der Waals surface area contributed by atoms with Gasteiger partial charge in [-0.15, -0.1) is 0 Å². The average molecular weight is 643 g/mol. The van der Waals surface area contributed by atoms with Gasteiger partial charge in [-0.2, -0.15) is 0 Å². The number of pyridine rings is 1. The Morgan fingerprint density at radius 2 is 1.02 bits per heavy atom. The van der Waals surface area contributed by atoms with E-state index < -0.39 is 0 Å². The van der Waals surface area contributed by atoms with Crippen LogP contribution in [0.4, 0.5) is 0 Å². The number of hydrogen-bond acceptors (Lipinski definition) is 5. The molecule has 0 bridgehead atoms. The number of aryl methyl sites for hydroxylation is 1. The van der Waals surface area contributed by atoms with Gasteiger partial charge in [0, 0.05) is 39.9 Å². The number of benzene rings is 6. The SMILES string of the molecule is Cc1ccc(-c2cccc(-c3nc(-c4ccccc4)nc(-c4ccc5c(c4)oc4cccc(-c6ccc(-c7cccnc7)cc6)c45)n3)c2)cc1. The lowest BCUT2D eigenvalue weighted by Gasteiger charge is -2.10. The molecule has 9 aromatic rings. The van der Waals surface area contributed by atoms with Crippen LogP contribution in [0, 0.1) is 6.92 Å². The predicted octanol–water partition coefficient (Wildman–Crippen LogP) is 11.5. The maximum Gasteiger partial charge on any atom is 0.164 e. The first-order valence-electron chi connectivity index (χ1n) is 16.6. The first-order valence-corrected chi connectivity index (χ1v) is 16.6. The van der Waals surface area contributed by atoms with Crippen molar-refractivity contribution in [2.45, 2.75) is 6.92 Å². The fourth-order valence-electron chi connectivity index (χ4n) is 6.52. The molecule has 0 amide bonds. The molecule has 0 aliphatic rings. The van der Waals surface area contributed by atoms with Crippen molar-refractivity contribution in [1.82, 2.24) is 19.9 Å². The Balaban J connectivity index is 1.14. The fraction of sp³-hybridized carbons (Fsp3) is 0.0222. The second kappa shape index (κ2) is 12.4. The lowest BCUT2D eigenvalue weighted by atomic mass is 9.97. The number of aromatic nitrogens is 4. The Hall–Kier alpha value is -6.72. The van der Waals surface area contributed by atoms with Crippen LogP contribution >= 0.6 is 0 Å². The standard InChI is InChI=1S/C45H30N4O/c1-29-15-17-30(18-16-29)34-10-5-11-35(26-34)44-47-43(33-8-3-2-4-9-33)48-45(49-44)36-23-24-39-41(27-36)50-40-14-6-13-38(42(39)40)32-21-19-31(20-22-32)37-12-7-25-46-28-37/h2-28H,1H3. The smallest absolute Gasteiger partial charge is 0.164 e. The molecule has 0 N–H and O–H groups in total. The molecule has 5 heteroatoms. The average Bonchev–Trinajstić information content (AvgIpc) is 3.57. The summed E-state index contributed by atoms with van der Waals surface area (Å²) in [6.07, 6.45) is 3.68. The minimum Gasteiger partial charge on any atom is -0.456 e. The first kappa shape index (κ1) is 29.4. The number of furan rings is 1. The minimum atomic E-state index is 0.586. The van der Waals surface area contributed by atoms with Crippen molar-refractivity contribution in [2.24, 2.45) is 0 Å². The van der Waals surface area contributed by atoms with Crippen LogP contribution in [0.1, 0.15) is 5.56 Å². The molecule has 0 radical (unpaired) electrons. The van der Waals surface area contributed by atoms with Gasteiger partial charge in [0.1, 0.15) is 11.2 Å². The Bertz CT molecular complexity index is 2630. The quantitative estimate of drug-likeness (QED) is 0.181. The first-order chi connectivity index (χ1) is 24.7. The molecule has 0 aliphatic carbocycles. The van der Waals surface area contributed by atoms with E-state index in [1.54, 1.807) is 6.20 Å². The van der Waals surface area contributed by atoms with Gasteiger partial charge in [0.25, 0.3) is 0 Å². The van der Waals surface area contributed by atoms with E-state index >= 15 is 0 Å². The zero-order valence-electron chi connectivity index (χ0n) is 27.3. The van der Waals surface area contributed by atoms with Crippen molar-refractivity contribution in [3.8, 4) is 67.5 Å². The van der Waals surface area contributed by atoms with Gasteiger partial charge in [0.2, 0.25) is 0 Å². The molecular weight excluding hydrogens is 613 g/mol. The highest BCUT2D eigenvalue weighted by Crippen LogP contribution is 2.39. The summed E-state index contributed by atoms with van der Waals surface area (Å²) in [5.74, 6) is 1.82. The normalized spacial score (nSPS) is 11.3. The van der Waals surface area contributed by atoms with Gasteiger partial charge < -0.3 is 4.42 Å². The molecule has 0 aliphatic heterocycles. The van der Waals surface area contributed by atoms with Crippen molar-refractivity contribution in [1.29, 1.82) is 0 Å². The van der Waals surface area contributed by atoms with Gasteiger partial charge in [-0.1, -0.05) is 127 Å². The van der Waals surface area contributed by atoms with Crippen LogP contribution in [-0.2, 0) is 0 Å². The van der Waals surface area contributed by atoms with E-state index in [0.29, 0.717) is 17.5 Å². The van der Waals surface area contributed by atoms with Gasteiger partial charge in [-0.05, 0) is 70.6 Å². The van der Waals surface area contributed by atoms with Crippen molar-refractivity contribution >= 4 is 21.9 Å². The third-order valence-corrected chi connectivity index (χ3v) is 9.12. The summed E-state index contributed by atoms with van der Waals surface area (Å²) in [5, 5.41) is 2.12. The summed E-state index contributed by atoms with van der Waals surface area (Å²) >= 11 is 0. The molecular formula is C45H30N4O. The second-order valence-corrected chi connectivity index (χ2v) is 12.4. The number of hydrogen-bond donors (Lipinski definition) is 0. The fourth-order valence-corrected chi connectivity index (χ4v) is 6.52. The van der Waals surface area contributed by atoms with Gasteiger partial charge in [0.15, 0.2) is 17.5 Å². The molecule has 0 fully saturated rings. The Morgan fingerprint density at radius 3 is 1.78 bits per heavy atom. The molecule has 236 valence electrons. The van der Waals surface area contributed by atoms with E-state index in [1.807, 2.05) is 60.8 Å². The summed E-state index contributed by atoms with van der Waals surface area (Å²) in [5.41, 5.74) is 12.3. The van der Waals surface area contributed by atoms with Gasteiger partial charge >= 0.3 is 0 Å². The summed E-state index contributed by atoms with van der Waals surface area (Å²) in [6.45, 7) is 2.10. The minimum absolute atomic E-state index is 0.586. The highest BCUT2D eigenvalue weighted by molar-refractivity contribution is 6.13. The number of nitrogens with zero attached hydrogens (tertiary/aromatic N) is 4. The zero-order chi connectivity index (χ0) is 33.4. The van der Waals surface area contributed by atoms with Crippen molar-refractivity contribution in [3.63, 3.8) is 0 Å². The van der Waals surface area contributed by atoms with Crippen LogP contribution in [0.5, 0.6) is 0 Å². The molecule has 0 spiro atoms. The van der Waals surface area contributed by atoms with E-state index in [2.05, 4.69) is 109 Å². The van der Waals surface area contributed by atoms with Gasteiger partial charge in [-0.3, -0.25) is 4.98 Å². The maximum absolute atomic E-state index is 6.49. The molecule has 0 saturated heterocycles. The van der Waals surface area contributed by atoms with E-state index in [9.17, 15) is 0 Å². The third kappa shape index (κ3) is 5.51. The van der Waals surface area contributed by atoms with E-state index in [1.165, 1.54) is 5.56 Å². The van der Waals surface area contributed by atoms with Gasteiger partial charge in [-0.25, -0.2) is 15.0 Å². The monoisotopic (exact) mass is 642 g/mol. The Morgan fingerprint density at radius 1 is 0.420 bits per heavy atom. The maximum atomic E-state index is 6.49. The van der Waals surface area contributed by atoms with Crippen molar-refractivity contribution in [3.05, 3.63) is 170 Å². The predicted molar refractivity (Wildman–Crippen MR) is 202 cm³/mol. The summed E-state index contributed by atoms with van der Waals surface area (Å²) in [4.78, 5) is 19.3. The van der Waals surface area contributed by atoms with Crippen LogP contribution in [0.3, 0.4) is 0 Å². The largest absolute Gasteiger partial charge is 0.456 e. The van der Waals surface area contributed by atoms with E-state index in [-0.39, 0.29) is 0 Å². The van der Waals surface area contributed by atoms with Crippen LogP contribution in [0.15, 0.2) is 168 Å². The molecule has 0 unspecified atom stereocenters. The Kier molecular flexibility index (Phi) is 7.29. The van der Waals surface area contributed by atoms with Crippen molar-refractivity contribution in [2.75, 3.05) is 0 Å². The van der Waals surface area contributed by atoms with Gasteiger partial charge in [0.05, 0.1) is 0 Å². The summed E-state index contributed by atoms with van der Waals surface area (Å²) in [6, 6.07) is 52.1. The zero-order valence-corrected chi connectivity index (χ0v) is 27.3. The second-order valence-electron chi connectivity index (χ2n) is 12.4. The topological polar surface area (TPSA) is 64.7 Å². The number of rotatable bonds is 6. The number of fused-ring (bicyclic) bond motifs is 3. The molecule has 9 rings (SSSR count). The molecule has 0 atom stereocenters. The lowest BCUT2D eigenvalue weighted by Crippen LogP contribution is -2.00. The highest BCUT2D eigenvalue weighted by atomic mass is 16.3. The summed E-state index contributed by atoms with van der Waals surface area (Å²) < 4.78 is 6.49. The highest BCUT2D eigenvalue weighted by Gasteiger charge is 2.17. The molecule has 5 nitrogen and oxygen atoms in total. The lowest BCUT2D eigenvalue weighted by molar-refractivity contribution is 0.669. The summed E-state index contributed by atoms with van der Waals surface area (Å²) in [7, 11) is 0. The van der Waals surface area contributed by atoms with E-state index in [0.717, 1.165) is 72.0 Å². The molecule has 3 aromatic heterocycles. The van der Waals surface area contributed by atoms with Crippen LogP contribution in [0.25, 0.3) is 89.5 Å². The molecule has 0 saturated carbocycles. The van der Waals surface area contributed by atoms with Crippen LogP contribution < -0.4 is 0 Å². The molecule has 6 aromatic carbocycles. The molecule has 50 heavy (non-hydrogen) atoms. The third-order valence-electron chi connectivity index (χ3n) is 9.12. The van der Waals surface area contributed by atoms with E-state index in [4.69, 9.17) is 19.4 Å². The van der Waals surface area contributed by atoms with Crippen molar-refractivity contribution < 1.29 is 4.42 Å². The molecule has 3 heterocycles. The van der Waals surface area contributed by atoms with Crippen LogP contribution in [-0.4, -0.2) is 19.9 Å². The Labute approximate surface area is 289 Å².